The van der Waals surface area contributed by atoms with Crippen LogP contribution in [0.2, 0.25) is 0 Å². The van der Waals surface area contributed by atoms with Gasteiger partial charge in [0.25, 0.3) is 0 Å². The van der Waals surface area contributed by atoms with Crippen molar-refractivity contribution in [2.75, 3.05) is 26.2 Å². The summed E-state index contributed by atoms with van der Waals surface area (Å²) in [6.07, 6.45) is 0.535. The molecule has 1 atom stereocenters. The molecule has 0 bridgehead atoms. The molecular weight excluding hydrogens is 360 g/mol. The number of alkyl carbamates (subject to hydrolysis) is 1. The van der Waals surface area contributed by atoms with E-state index in [1.165, 1.54) is 4.88 Å². The molecule has 1 amide bonds. The summed E-state index contributed by atoms with van der Waals surface area (Å²) < 4.78 is 5.36. The quantitative estimate of drug-likeness (QED) is 0.592. The Morgan fingerprint density at radius 3 is 2.70 bits per heavy atom. The summed E-state index contributed by atoms with van der Waals surface area (Å²) in [5.74, 6) is 0.913. The maximum atomic E-state index is 12.0. The fourth-order valence-electron chi connectivity index (χ4n) is 2.98. The smallest absolute Gasteiger partial charge is 0.407 e. The molecule has 6 nitrogen and oxygen atoms in total. The van der Waals surface area contributed by atoms with E-state index in [1.807, 2.05) is 20.8 Å². The zero-order valence-electron chi connectivity index (χ0n) is 17.5. The Kier molecular flexibility index (Phi) is 7.14. The van der Waals surface area contributed by atoms with Gasteiger partial charge in [0.05, 0.1) is 12.6 Å². The molecule has 2 N–H and O–H groups in total. The van der Waals surface area contributed by atoms with E-state index in [1.54, 1.807) is 11.3 Å². The third-order valence-corrected chi connectivity index (χ3v) is 5.59. The second-order valence-electron chi connectivity index (χ2n) is 8.61. The molecule has 0 saturated carbocycles. The predicted octanol–water partition coefficient (Wildman–Crippen LogP) is 3.59. The summed E-state index contributed by atoms with van der Waals surface area (Å²) in [5.41, 5.74) is -0.477. The van der Waals surface area contributed by atoms with Crippen LogP contribution in [0.5, 0.6) is 0 Å². The zero-order valence-corrected chi connectivity index (χ0v) is 18.3. The number of likely N-dealkylation sites (tertiary alicyclic amines) is 1. The molecule has 1 aromatic heterocycles. The fourth-order valence-corrected chi connectivity index (χ4v) is 3.83. The first-order chi connectivity index (χ1) is 12.6. The molecule has 1 aromatic rings. The van der Waals surface area contributed by atoms with Gasteiger partial charge in [0, 0.05) is 29.9 Å². The van der Waals surface area contributed by atoms with Crippen molar-refractivity contribution >= 4 is 23.4 Å². The van der Waals surface area contributed by atoms with Crippen molar-refractivity contribution in [3.05, 3.63) is 22.4 Å². The number of thiophene rings is 1. The van der Waals surface area contributed by atoms with E-state index in [9.17, 15) is 4.79 Å². The first-order valence-electron chi connectivity index (χ1n) is 9.67. The van der Waals surface area contributed by atoms with E-state index in [0.29, 0.717) is 0 Å². The van der Waals surface area contributed by atoms with Crippen LogP contribution in [0, 0.1) is 0 Å². The Bertz CT molecular complexity index is 635. The van der Waals surface area contributed by atoms with Gasteiger partial charge in [-0.25, -0.2) is 4.79 Å². The molecule has 0 radical (unpaired) electrons. The summed E-state index contributed by atoms with van der Waals surface area (Å²) in [7, 11) is 0. The number of rotatable bonds is 5. The zero-order chi connectivity index (χ0) is 20.1. The van der Waals surface area contributed by atoms with Gasteiger partial charge in [-0.15, -0.1) is 11.3 Å². The lowest BCUT2D eigenvalue weighted by Crippen LogP contribution is -2.44. The Morgan fingerprint density at radius 1 is 1.37 bits per heavy atom. The molecule has 2 rings (SSSR count). The van der Waals surface area contributed by atoms with Gasteiger partial charge in [0.1, 0.15) is 5.60 Å². The van der Waals surface area contributed by atoms with Gasteiger partial charge in [-0.05, 0) is 45.6 Å². The summed E-state index contributed by atoms with van der Waals surface area (Å²) in [6, 6.07) is 4.34. The second-order valence-corrected chi connectivity index (χ2v) is 9.56. The minimum Gasteiger partial charge on any atom is -0.444 e. The molecule has 1 aliphatic heterocycles. The SMILES string of the molecule is CCNC(=NCC(C)(C)c1cccs1)N1CCC(NC(=O)OC(C)(C)C)C1. The van der Waals surface area contributed by atoms with Crippen LogP contribution < -0.4 is 10.6 Å². The number of nitrogens with zero attached hydrogens (tertiary/aromatic N) is 2. The van der Waals surface area contributed by atoms with Crippen LogP contribution in [0.3, 0.4) is 0 Å². The lowest BCUT2D eigenvalue weighted by Gasteiger charge is -2.25. The summed E-state index contributed by atoms with van der Waals surface area (Å²) in [5, 5.41) is 8.47. The van der Waals surface area contributed by atoms with E-state index < -0.39 is 5.60 Å². The minimum absolute atomic E-state index is 0.00271. The van der Waals surface area contributed by atoms with Crippen molar-refractivity contribution in [3.8, 4) is 0 Å². The summed E-state index contributed by atoms with van der Waals surface area (Å²) in [4.78, 5) is 20.5. The van der Waals surface area contributed by atoms with Crippen LogP contribution in [0.4, 0.5) is 4.79 Å². The van der Waals surface area contributed by atoms with Crippen molar-refractivity contribution in [1.82, 2.24) is 15.5 Å². The number of aliphatic imine (C=N–C) groups is 1. The van der Waals surface area contributed by atoms with Crippen molar-refractivity contribution in [2.24, 2.45) is 4.99 Å². The molecule has 1 fully saturated rings. The first kappa shape index (κ1) is 21.5. The standard InChI is InChI=1S/C20H34N4O2S/c1-7-21-17(22-14-20(5,6)16-9-8-12-27-16)24-11-10-15(13-24)23-18(25)26-19(2,3)4/h8-9,12,15H,7,10-11,13-14H2,1-6H3,(H,21,22)(H,23,25). The molecule has 2 heterocycles. The van der Waals surface area contributed by atoms with E-state index >= 15 is 0 Å². The largest absolute Gasteiger partial charge is 0.444 e. The highest BCUT2D eigenvalue weighted by Crippen LogP contribution is 2.27. The number of hydrogen-bond acceptors (Lipinski definition) is 4. The topological polar surface area (TPSA) is 66.0 Å². The predicted molar refractivity (Wildman–Crippen MR) is 113 cm³/mol. The molecule has 0 spiro atoms. The monoisotopic (exact) mass is 394 g/mol. The number of amides is 1. The normalized spacial score (nSPS) is 18.5. The summed E-state index contributed by atoms with van der Waals surface area (Å²) in [6.45, 7) is 15.3. The van der Waals surface area contributed by atoms with Crippen LogP contribution in [0.1, 0.15) is 52.8 Å². The van der Waals surface area contributed by atoms with Crippen LogP contribution in [-0.4, -0.2) is 54.8 Å². The van der Waals surface area contributed by atoms with Gasteiger partial charge in [-0.3, -0.25) is 4.99 Å². The van der Waals surface area contributed by atoms with Crippen LogP contribution in [0.15, 0.2) is 22.5 Å². The highest BCUT2D eigenvalue weighted by molar-refractivity contribution is 7.10. The minimum atomic E-state index is -0.480. The van der Waals surface area contributed by atoms with Gasteiger partial charge in [0.15, 0.2) is 5.96 Å². The average molecular weight is 395 g/mol. The highest BCUT2D eigenvalue weighted by atomic mass is 32.1. The lowest BCUT2D eigenvalue weighted by molar-refractivity contribution is 0.0507. The van der Waals surface area contributed by atoms with Crippen molar-refractivity contribution in [1.29, 1.82) is 0 Å². The number of carbonyl (C=O) groups excluding carboxylic acids is 1. The fraction of sp³-hybridized carbons (Fsp3) is 0.700. The maximum Gasteiger partial charge on any atom is 0.407 e. The Labute approximate surface area is 167 Å². The lowest BCUT2D eigenvalue weighted by atomic mass is 9.92. The highest BCUT2D eigenvalue weighted by Gasteiger charge is 2.29. The van der Waals surface area contributed by atoms with Crippen molar-refractivity contribution in [2.45, 2.75) is 65.0 Å². The number of carbonyl (C=O) groups is 1. The molecule has 0 aromatic carbocycles. The van der Waals surface area contributed by atoms with Crippen LogP contribution in [0.25, 0.3) is 0 Å². The van der Waals surface area contributed by atoms with Crippen molar-refractivity contribution < 1.29 is 9.53 Å². The van der Waals surface area contributed by atoms with Crippen LogP contribution >= 0.6 is 11.3 Å². The van der Waals surface area contributed by atoms with E-state index in [2.05, 4.69) is 53.8 Å². The third-order valence-electron chi connectivity index (χ3n) is 4.36. The molecule has 1 aliphatic rings. The van der Waals surface area contributed by atoms with Crippen LogP contribution in [-0.2, 0) is 10.2 Å². The van der Waals surface area contributed by atoms with Crippen molar-refractivity contribution in [3.63, 3.8) is 0 Å². The van der Waals surface area contributed by atoms with Gasteiger partial charge in [0.2, 0.25) is 0 Å². The van der Waals surface area contributed by atoms with Gasteiger partial charge in [-0.1, -0.05) is 19.9 Å². The molecule has 1 unspecified atom stereocenters. The van der Waals surface area contributed by atoms with E-state index in [4.69, 9.17) is 9.73 Å². The second kappa shape index (κ2) is 8.95. The van der Waals surface area contributed by atoms with Gasteiger partial charge >= 0.3 is 6.09 Å². The maximum absolute atomic E-state index is 12.0. The third kappa shape index (κ3) is 6.72. The Balaban J connectivity index is 1.96. The molecule has 1 saturated heterocycles. The number of hydrogen-bond donors (Lipinski definition) is 2. The molecular formula is C20H34N4O2S. The average Bonchev–Trinajstić information content (AvgIpc) is 3.21. The van der Waals surface area contributed by atoms with Gasteiger partial charge in [-0.2, -0.15) is 0 Å². The van der Waals surface area contributed by atoms with E-state index in [-0.39, 0.29) is 17.6 Å². The number of guanidine groups is 1. The summed E-state index contributed by atoms with van der Waals surface area (Å²) >= 11 is 1.77. The first-order valence-corrected chi connectivity index (χ1v) is 10.6. The molecule has 152 valence electrons. The molecule has 27 heavy (non-hydrogen) atoms. The van der Waals surface area contributed by atoms with E-state index in [0.717, 1.165) is 38.6 Å². The number of ether oxygens (including phenoxy) is 1. The number of nitrogens with one attached hydrogen (secondary N) is 2. The molecule has 0 aliphatic carbocycles. The Morgan fingerprint density at radius 2 is 2.11 bits per heavy atom. The van der Waals surface area contributed by atoms with Gasteiger partial charge < -0.3 is 20.3 Å². The Hall–Kier alpha value is -1.76. The molecule has 7 heteroatoms.